The molecule has 6 nitrogen and oxygen atoms in total. The number of nitrogens with two attached hydrogens (primary N) is 1. The van der Waals surface area contributed by atoms with Gasteiger partial charge in [-0.25, -0.2) is 8.42 Å². The normalized spacial score (nSPS) is 26.4. The Morgan fingerprint density at radius 3 is 2.86 bits per heavy atom. The van der Waals surface area contributed by atoms with Gasteiger partial charge in [0, 0.05) is 23.2 Å². The summed E-state index contributed by atoms with van der Waals surface area (Å²) in [6.45, 7) is 0.833. The number of hydrogen-bond acceptors (Lipinski definition) is 4. The van der Waals surface area contributed by atoms with E-state index in [2.05, 4.69) is 21.2 Å². The number of amides is 1. The van der Waals surface area contributed by atoms with Crippen molar-refractivity contribution >= 4 is 37.5 Å². The molecule has 2 aliphatic heterocycles. The quantitative estimate of drug-likeness (QED) is 0.754. The van der Waals surface area contributed by atoms with E-state index >= 15 is 0 Å². The highest BCUT2D eigenvalue weighted by Crippen LogP contribution is 2.33. The minimum Gasteiger partial charge on any atom is -0.398 e. The maximum absolute atomic E-state index is 12.8. The lowest BCUT2D eigenvalue weighted by molar-refractivity contribution is -0.123. The molecule has 0 aromatic heterocycles. The van der Waals surface area contributed by atoms with Gasteiger partial charge in [0.2, 0.25) is 15.9 Å². The third-order valence-electron chi connectivity index (χ3n) is 4.13. The van der Waals surface area contributed by atoms with Gasteiger partial charge in [-0.1, -0.05) is 0 Å². The third kappa shape index (κ3) is 2.45. The Labute approximate surface area is 131 Å². The molecule has 21 heavy (non-hydrogen) atoms. The fraction of sp³-hybridized carbons (Fsp3) is 0.462. The monoisotopic (exact) mass is 373 g/mol. The Balaban J connectivity index is 1.97. The molecule has 2 fully saturated rings. The molecule has 2 heterocycles. The summed E-state index contributed by atoms with van der Waals surface area (Å²) in [5.41, 5.74) is 6.19. The SMILES string of the molecule is Nc1ccc(S(=O)(=O)N2CCCC3C(=O)NCC32)cc1Br. The molecular weight excluding hydrogens is 358 g/mol. The molecule has 0 aliphatic carbocycles. The molecule has 114 valence electrons. The standard InChI is InChI=1S/C13H16BrN3O3S/c14-10-6-8(3-4-11(10)15)21(19,20)17-5-1-2-9-12(17)7-16-13(9)18/h3-4,6,9,12H,1-2,5,7,15H2,(H,16,18). The number of nitrogens with zero attached hydrogens (tertiary/aromatic N) is 1. The summed E-state index contributed by atoms with van der Waals surface area (Å²) in [5, 5.41) is 2.76. The predicted molar refractivity (Wildman–Crippen MR) is 82.0 cm³/mol. The van der Waals surface area contributed by atoms with E-state index in [1.807, 2.05) is 0 Å². The molecule has 1 aromatic rings. The van der Waals surface area contributed by atoms with Crippen LogP contribution in [0, 0.1) is 5.92 Å². The average Bonchev–Trinajstić information content (AvgIpc) is 2.83. The third-order valence-corrected chi connectivity index (χ3v) is 6.74. The molecule has 0 saturated carbocycles. The average molecular weight is 374 g/mol. The van der Waals surface area contributed by atoms with Gasteiger partial charge in [-0.2, -0.15) is 4.31 Å². The summed E-state index contributed by atoms with van der Waals surface area (Å²) in [7, 11) is -3.62. The molecule has 1 aromatic carbocycles. The number of benzene rings is 1. The van der Waals surface area contributed by atoms with Gasteiger partial charge in [-0.15, -0.1) is 0 Å². The van der Waals surface area contributed by atoms with Crippen LogP contribution in [0.5, 0.6) is 0 Å². The maximum Gasteiger partial charge on any atom is 0.243 e. The van der Waals surface area contributed by atoms with Crippen LogP contribution in [0.1, 0.15) is 12.8 Å². The van der Waals surface area contributed by atoms with Crippen molar-refractivity contribution in [1.82, 2.24) is 9.62 Å². The first-order valence-electron chi connectivity index (χ1n) is 6.76. The molecule has 3 N–H and O–H groups in total. The van der Waals surface area contributed by atoms with E-state index in [0.717, 1.165) is 6.42 Å². The minimum absolute atomic E-state index is 0.0432. The number of sulfonamides is 1. The number of rotatable bonds is 2. The van der Waals surface area contributed by atoms with E-state index in [4.69, 9.17) is 5.73 Å². The van der Waals surface area contributed by atoms with Crippen LogP contribution in [0.25, 0.3) is 0 Å². The second-order valence-electron chi connectivity index (χ2n) is 5.36. The molecular formula is C13H16BrN3O3S. The van der Waals surface area contributed by atoms with Crippen molar-refractivity contribution in [2.24, 2.45) is 5.92 Å². The topological polar surface area (TPSA) is 92.5 Å². The number of carbonyl (C=O) groups is 1. The van der Waals surface area contributed by atoms with Gasteiger partial charge in [-0.3, -0.25) is 4.79 Å². The van der Waals surface area contributed by atoms with Crippen molar-refractivity contribution in [2.75, 3.05) is 18.8 Å². The number of anilines is 1. The maximum atomic E-state index is 12.8. The van der Waals surface area contributed by atoms with Crippen LogP contribution in [0.2, 0.25) is 0 Å². The smallest absolute Gasteiger partial charge is 0.243 e. The lowest BCUT2D eigenvalue weighted by Crippen LogP contribution is -2.48. The number of piperidine rings is 1. The summed E-state index contributed by atoms with van der Waals surface area (Å²) in [6.07, 6.45) is 1.44. The van der Waals surface area contributed by atoms with Crippen molar-refractivity contribution in [1.29, 1.82) is 0 Å². The number of nitrogens with one attached hydrogen (secondary N) is 1. The molecule has 2 atom stereocenters. The van der Waals surface area contributed by atoms with Gasteiger partial charge in [0.05, 0.1) is 16.9 Å². The first-order chi connectivity index (χ1) is 9.91. The van der Waals surface area contributed by atoms with Crippen molar-refractivity contribution in [2.45, 2.75) is 23.8 Å². The molecule has 0 spiro atoms. The molecule has 3 rings (SSSR count). The van der Waals surface area contributed by atoms with Crippen LogP contribution >= 0.6 is 15.9 Å². The molecule has 0 bridgehead atoms. The Morgan fingerprint density at radius 1 is 1.38 bits per heavy atom. The van der Waals surface area contributed by atoms with E-state index in [1.165, 1.54) is 16.4 Å². The number of nitrogen functional groups attached to an aromatic ring is 1. The molecule has 2 aliphatic rings. The van der Waals surface area contributed by atoms with Gasteiger partial charge in [0.15, 0.2) is 0 Å². The fourth-order valence-electron chi connectivity index (χ4n) is 3.01. The van der Waals surface area contributed by atoms with E-state index in [9.17, 15) is 13.2 Å². The Morgan fingerprint density at radius 2 is 2.14 bits per heavy atom. The van der Waals surface area contributed by atoms with Crippen LogP contribution in [0.4, 0.5) is 5.69 Å². The van der Waals surface area contributed by atoms with E-state index < -0.39 is 10.0 Å². The highest BCUT2D eigenvalue weighted by Gasteiger charge is 2.45. The van der Waals surface area contributed by atoms with E-state index in [0.29, 0.717) is 29.7 Å². The van der Waals surface area contributed by atoms with Gasteiger partial charge < -0.3 is 11.1 Å². The summed E-state index contributed by atoms with van der Waals surface area (Å²) < 4.78 is 27.7. The largest absolute Gasteiger partial charge is 0.398 e. The second kappa shape index (κ2) is 5.26. The van der Waals surface area contributed by atoms with Crippen LogP contribution in [-0.2, 0) is 14.8 Å². The van der Waals surface area contributed by atoms with Crippen molar-refractivity contribution in [3.63, 3.8) is 0 Å². The van der Waals surface area contributed by atoms with Crippen LogP contribution in [0.15, 0.2) is 27.6 Å². The number of hydrogen-bond donors (Lipinski definition) is 2. The first-order valence-corrected chi connectivity index (χ1v) is 8.99. The Hall–Kier alpha value is -1.12. The Kier molecular flexibility index (Phi) is 3.71. The molecule has 1 amide bonds. The molecule has 0 radical (unpaired) electrons. The van der Waals surface area contributed by atoms with E-state index in [-0.39, 0.29) is 22.8 Å². The predicted octanol–water partition coefficient (Wildman–Crippen LogP) is 0.930. The first kappa shape index (κ1) is 14.8. The highest BCUT2D eigenvalue weighted by molar-refractivity contribution is 9.10. The summed E-state index contributed by atoms with van der Waals surface area (Å²) in [4.78, 5) is 12.0. The fourth-order valence-corrected chi connectivity index (χ4v) is 5.27. The van der Waals surface area contributed by atoms with Crippen LogP contribution < -0.4 is 11.1 Å². The van der Waals surface area contributed by atoms with Crippen LogP contribution in [0.3, 0.4) is 0 Å². The van der Waals surface area contributed by atoms with Crippen molar-refractivity contribution in [3.8, 4) is 0 Å². The van der Waals surface area contributed by atoms with Gasteiger partial charge >= 0.3 is 0 Å². The lowest BCUT2D eigenvalue weighted by Gasteiger charge is -2.34. The van der Waals surface area contributed by atoms with Crippen LogP contribution in [-0.4, -0.2) is 37.8 Å². The van der Waals surface area contributed by atoms with Gasteiger partial charge in [0.1, 0.15) is 0 Å². The zero-order chi connectivity index (χ0) is 15.2. The van der Waals surface area contributed by atoms with Gasteiger partial charge in [-0.05, 0) is 47.0 Å². The molecule has 8 heteroatoms. The number of carbonyl (C=O) groups excluding carboxylic acids is 1. The zero-order valence-electron chi connectivity index (χ0n) is 11.3. The second-order valence-corrected chi connectivity index (χ2v) is 8.11. The summed E-state index contributed by atoms with van der Waals surface area (Å²) in [6, 6.07) is 4.30. The Bertz CT molecular complexity index is 692. The lowest BCUT2D eigenvalue weighted by atomic mass is 9.93. The number of fused-ring (bicyclic) bond motifs is 1. The van der Waals surface area contributed by atoms with Gasteiger partial charge in [0.25, 0.3) is 0 Å². The molecule has 2 saturated heterocycles. The summed E-state index contributed by atoms with van der Waals surface area (Å²) >= 11 is 3.25. The number of halogens is 1. The van der Waals surface area contributed by atoms with Crippen molar-refractivity contribution < 1.29 is 13.2 Å². The molecule has 2 unspecified atom stereocenters. The van der Waals surface area contributed by atoms with E-state index in [1.54, 1.807) is 6.07 Å². The summed E-state index contributed by atoms with van der Waals surface area (Å²) in [5.74, 6) is -0.274. The highest BCUT2D eigenvalue weighted by atomic mass is 79.9. The van der Waals surface area contributed by atoms with Crippen molar-refractivity contribution in [3.05, 3.63) is 22.7 Å². The minimum atomic E-state index is -3.62. The zero-order valence-corrected chi connectivity index (χ0v) is 13.7.